The summed E-state index contributed by atoms with van der Waals surface area (Å²) >= 11 is 0. The van der Waals surface area contributed by atoms with E-state index in [1.54, 1.807) is 6.33 Å². The summed E-state index contributed by atoms with van der Waals surface area (Å²) < 4.78 is 0. The predicted octanol–water partition coefficient (Wildman–Crippen LogP) is 1.99. The van der Waals surface area contributed by atoms with Gasteiger partial charge in [0.25, 0.3) is 0 Å². The summed E-state index contributed by atoms with van der Waals surface area (Å²) in [4.78, 5) is 7.33. The van der Waals surface area contributed by atoms with Crippen molar-refractivity contribution in [2.75, 3.05) is 0 Å². The molecule has 1 aliphatic rings. The third-order valence-electron chi connectivity index (χ3n) is 3.29. The van der Waals surface area contributed by atoms with E-state index in [-0.39, 0.29) is 5.54 Å². The van der Waals surface area contributed by atoms with Crippen molar-refractivity contribution in [2.24, 2.45) is 5.73 Å². The van der Waals surface area contributed by atoms with E-state index >= 15 is 0 Å². The fourth-order valence-electron chi connectivity index (χ4n) is 1.94. The van der Waals surface area contributed by atoms with E-state index in [1.807, 2.05) is 0 Å². The highest BCUT2D eigenvalue weighted by atomic mass is 14.9. The van der Waals surface area contributed by atoms with Crippen molar-refractivity contribution >= 4 is 11.0 Å². The number of aryl methyl sites for hydroxylation is 1. The summed E-state index contributed by atoms with van der Waals surface area (Å²) in [5.41, 5.74) is 9.73. The minimum Gasteiger partial charge on any atom is -0.345 e. The molecule has 78 valence electrons. The molecule has 3 heteroatoms. The number of nitrogens with one attached hydrogen (secondary N) is 1. The lowest BCUT2D eigenvalue weighted by molar-refractivity contribution is 0.609. The second-order valence-corrected chi connectivity index (χ2v) is 4.62. The molecule has 0 bridgehead atoms. The Hall–Kier alpha value is -1.35. The maximum atomic E-state index is 6.07. The Labute approximate surface area is 88.7 Å². The van der Waals surface area contributed by atoms with Crippen molar-refractivity contribution < 1.29 is 0 Å². The Bertz CT molecular complexity index is 482. The highest BCUT2D eigenvalue weighted by Gasteiger charge is 2.37. The van der Waals surface area contributed by atoms with Crippen molar-refractivity contribution in [1.29, 1.82) is 0 Å². The van der Waals surface area contributed by atoms with Gasteiger partial charge in [-0.25, -0.2) is 4.98 Å². The molecule has 0 spiro atoms. The summed E-state index contributed by atoms with van der Waals surface area (Å²) in [6, 6.07) is 6.39. The molecule has 2 aromatic rings. The number of aromatic nitrogens is 2. The van der Waals surface area contributed by atoms with Gasteiger partial charge in [0.2, 0.25) is 0 Å². The van der Waals surface area contributed by atoms with E-state index in [4.69, 9.17) is 5.73 Å². The second-order valence-electron chi connectivity index (χ2n) is 4.62. The van der Waals surface area contributed by atoms with Crippen LogP contribution in [-0.4, -0.2) is 15.5 Å². The van der Waals surface area contributed by atoms with Crippen LogP contribution in [0.3, 0.4) is 0 Å². The molecule has 3 nitrogen and oxygen atoms in total. The molecule has 1 aromatic carbocycles. The van der Waals surface area contributed by atoms with Gasteiger partial charge in [0, 0.05) is 5.54 Å². The van der Waals surface area contributed by atoms with Gasteiger partial charge in [-0.3, -0.25) is 0 Å². The van der Waals surface area contributed by atoms with Crippen molar-refractivity contribution in [3.05, 3.63) is 30.1 Å². The SMILES string of the molecule is NC1(CCc2ccc3nc[nH]c3c2)CC1. The molecule has 0 unspecified atom stereocenters. The van der Waals surface area contributed by atoms with Crippen molar-refractivity contribution in [2.45, 2.75) is 31.2 Å². The first kappa shape index (κ1) is 8.92. The molecule has 1 aliphatic carbocycles. The lowest BCUT2D eigenvalue weighted by Gasteiger charge is -2.07. The van der Waals surface area contributed by atoms with Crippen LogP contribution in [0, 0.1) is 0 Å². The third-order valence-corrected chi connectivity index (χ3v) is 3.29. The smallest absolute Gasteiger partial charge is 0.0931 e. The van der Waals surface area contributed by atoms with Gasteiger partial charge < -0.3 is 10.7 Å². The van der Waals surface area contributed by atoms with Crippen molar-refractivity contribution in [3.8, 4) is 0 Å². The van der Waals surface area contributed by atoms with Crippen LogP contribution >= 0.6 is 0 Å². The highest BCUT2D eigenvalue weighted by Crippen LogP contribution is 2.36. The van der Waals surface area contributed by atoms with E-state index < -0.39 is 0 Å². The Morgan fingerprint density at radius 2 is 2.27 bits per heavy atom. The molecular formula is C12H15N3. The highest BCUT2D eigenvalue weighted by molar-refractivity contribution is 5.75. The molecule has 0 atom stereocenters. The number of imidazole rings is 1. The van der Waals surface area contributed by atoms with Crippen LogP contribution in [0.2, 0.25) is 0 Å². The first-order valence-corrected chi connectivity index (χ1v) is 5.46. The number of H-pyrrole nitrogens is 1. The Balaban J connectivity index is 1.78. The van der Waals surface area contributed by atoms with Gasteiger partial charge in [0.15, 0.2) is 0 Å². The van der Waals surface area contributed by atoms with Crippen LogP contribution in [-0.2, 0) is 6.42 Å². The molecule has 1 saturated carbocycles. The molecule has 1 aromatic heterocycles. The summed E-state index contributed by atoms with van der Waals surface area (Å²) in [6.45, 7) is 0. The number of nitrogens with zero attached hydrogens (tertiary/aromatic N) is 1. The van der Waals surface area contributed by atoms with E-state index in [1.165, 1.54) is 18.4 Å². The molecule has 3 N–H and O–H groups in total. The molecule has 15 heavy (non-hydrogen) atoms. The van der Waals surface area contributed by atoms with Crippen LogP contribution in [0.15, 0.2) is 24.5 Å². The maximum absolute atomic E-state index is 6.07. The van der Waals surface area contributed by atoms with Crippen LogP contribution in [0.1, 0.15) is 24.8 Å². The van der Waals surface area contributed by atoms with E-state index in [2.05, 4.69) is 28.2 Å². The number of hydrogen-bond acceptors (Lipinski definition) is 2. The fraction of sp³-hybridized carbons (Fsp3) is 0.417. The molecule has 1 heterocycles. The molecule has 0 amide bonds. The molecule has 0 aliphatic heterocycles. The topological polar surface area (TPSA) is 54.7 Å². The van der Waals surface area contributed by atoms with Crippen molar-refractivity contribution in [1.82, 2.24) is 9.97 Å². The average Bonchev–Trinajstić information content (AvgIpc) is 2.80. The summed E-state index contributed by atoms with van der Waals surface area (Å²) in [6.07, 6.45) is 6.30. The van der Waals surface area contributed by atoms with Crippen LogP contribution in [0.5, 0.6) is 0 Å². The van der Waals surface area contributed by atoms with Crippen LogP contribution in [0.25, 0.3) is 11.0 Å². The van der Waals surface area contributed by atoms with Gasteiger partial charge in [-0.15, -0.1) is 0 Å². The first-order valence-electron chi connectivity index (χ1n) is 5.46. The quantitative estimate of drug-likeness (QED) is 0.797. The van der Waals surface area contributed by atoms with Crippen LogP contribution < -0.4 is 5.73 Å². The summed E-state index contributed by atoms with van der Waals surface area (Å²) in [5.74, 6) is 0. The number of aromatic amines is 1. The van der Waals surface area contributed by atoms with Gasteiger partial charge in [0.1, 0.15) is 0 Å². The number of hydrogen-bond donors (Lipinski definition) is 2. The molecule has 1 fully saturated rings. The lowest BCUT2D eigenvalue weighted by atomic mass is 10.0. The van der Waals surface area contributed by atoms with Gasteiger partial charge in [-0.1, -0.05) is 6.07 Å². The van der Waals surface area contributed by atoms with E-state index in [0.717, 1.165) is 23.9 Å². The van der Waals surface area contributed by atoms with Crippen LogP contribution in [0.4, 0.5) is 0 Å². The predicted molar refractivity (Wildman–Crippen MR) is 60.6 cm³/mol. The Morgan fingerprint density at radius 3 is 3.07 bits per heavy atom. The van der Waals surface area contributed by atoms with Gasteiger partial charge >= 0.3 is 0 Å². The number of rotatable bonds is 3. The zero-order valence-corrected chi connectivity index (χ0v) is 8.66. The van der Waals surface area contributed by atoms with Gasteiger partial charge in [-0.05, 0) is 43.4 Å². The van der Waals surface area contributed by atoms with Crippen molar-refractivity contribution in [3.63, 3.8) is 0 Å². The zero-order chi connectivity index (χ0) is 10.3. The average molecular weight is 201 g/mol. The maximum Gasteiger partial charge on any atom is 0.0931 e. The fourth-order valence-corrected chi connectivity index (χ4v) is 1.94. The minimum absolute atomic E-state index is 0.156. The first-order chi connectivity index (χ1) is 7.25. The lowest BCUT2D eigenvalue weighted by Crippen LogP contribution is -2.22. The second kappa shape index (κ2) is 3.07. The third kappa shape index (κ3) is 1.75. The van der Waals surface area contributed by atoms with Gasteiger partial charge in [-0.2, -0.15) is 0 Å². The monoisotopic (exact) mass is 201 g/mol. The normalized spacial score (nSPS) is 18.2. The van der Waals surface area contributed by atoms with Gasteiger partial charge in [0.05, 0.1) is 17.4 Å². The van der Waals surface area contributed by atoms with E-state index in [0.29, 0.717) is 0 Å². The molecule has 0 saturated heterocycles. The number of benzene rings is 1. The number of nitrogens with two attached hydrogens (primary N) is 1. The minimum atomic E-state index is 0.156. The van der Waals surface area contributed by atoms with E-state index in [9.17, 15) is 0 Å². The largest absolute Gasteiger partial charge is 0.345 e. The Morgan fingerprint density at radius 1 is 1.40 bits per heavy atom. The zero-order valence-electron chi connectivity index (χ0n) is 8.66. The Kier molecular flexibility index (Phi) is 1.83. The molecular weight excluding hydrogens is 186 g/mol. The standard InChI is InChI=1S/C12H15N3/c13-12(5-6-12)4-3-9-1-2-10-11(7-9)15-8-14-10/h1-2,7-8H,3-6,13H2,(H,14,15). The number of fused-ring (bicyclic) bond motifs is 1. The molecule has 0 radical (unpaired) electrons. The summed E-state index contributed by atoms with van der Waals surface area (Å²) in [7, 11) is 0. The summed E-state index contributed by atoms with van der Waals surface area (Å²) in [5, 5.41) is 0. The molecule has 3 rings (SSSR count).